The summed E-state index contributed by atoms with van der Waals surface area (Å²) in [7, 11) is 0. The second kappa shape index (κ2) is 29.4. The number of thiol groups is 1. The zero-order chi connectivity index (χ0) is 54.3. The summed E-state index contributed by atoms with van der Waals surface area (Å²) in [5, 5.41) is 36.0. The number of carboxylic acid groups (broad SMARTS) is 1. The summed E-state index contributed by atoms with van der Waals surface area (Å²) in [6.07, 6.45) is 3.87. The van der Waals surface area contributed by atoms with Gasteiger partial charge in [-0.25, -0.2) is 4.79 Å². The van der Waals surface area contributed by atoms with E-state index in [1.54, 1.807) is 24.5 Å². The second-order valence-electron chi connectivity index (χ2n) is 17.2. The van der Waals surface area contributed by atoms with E-state index < -0.39 is 90.3 Å². The van der Waals surface area contributed by atoms with E-state index in [4.69, 9.17) is 40.1 Å². The summed E-state index contributed by atoms with van der Waals surface area (Å²) in [6, 6.07) is 4.79. The Bertz CT molecular complexity index is 2640. The number of amides is 6. The molecule has 0 saturated heterocycles. The maximum Gasteiger partial charge on any atom is 0.328 e. The van der Waals surface area contributed by atoms with Crippen molar-refractivity contribution < 1.29 is 43.8 Å². The molecule has 402 valence electrons. The highest BCUT2D eigenvalue weighted by atomic mass is 32.1. The van der Waals surface area contributed by atoms with E-state index in [1.165, 1.54) is 0 Å². The van der Waals surface area contributed by atoms with Crippen LogP contribution in [0.4, 0.5) is 0 Å². The smallest absolute Gasteiger partial charge is 0.328 e. The Labute approximate surface area is 430 Å². The van der Waals surface area contributed by atoms with E-state index in [0.29, 0.717) is 17.5 Å². The molecule has 2 heterocycles. The van der Waals surface area contributed by atoms with Crippen LogP contribution in [-0.2, 0) is 46.4 Å². The number of aliphatic imine (C=N–C) groups is 3. The van der Waals surface area contributed by atoms with Crippen molar-refractivity contribution in [2.75, 3.05) is 32.0 Å². The number of rotatable bonds is 31. The molecule has 4 rings (SSSR count). The molecule has 28 heteroatoms. The number of benzene rings is 2. The fourth-order valence-corrected chi connectivity index (χ4v) is 7.93. The number of aliphatic carboxylic acids is 1. The molecule has 0 saturated carbocycles. The number of aromatic amines is 2. The Kier molecular flexibility index (Phi) is 23.2. The molecule has 0 bridgehead atoms. The number of nitrogens with one attached hydrogen (secondary N) is 8. The van der Waals surface area contributed by atoms with Crippen molar-refractivity contribution in [3.8, 4) is 0 Å². The predicted molar refractivity (Wildman–Crippen MR) is 282 cm³/mol. The highest BCUT2D eigenvalue weighted by molar-refractivity contribution is 7.80. The molecule has 0 aliphatic heterocycles. The normalized spacial score (nSPS) is 13.9. The van der Waals surface area contributed by atoms with Crippen molar-refractivity contribution >= 4 is 93.7 Å². The Morgan fingerprint density at radius 1 is 0.514 bits per heavy atom. The zero-order valence-corrected chi connectivity index (χ0v) is 41.5. The third-order valence-electron chi connectivity index (χ3n) is 11.5. The summed E-state index contributed by atoms with van der Waals surface area (Å²) in [5.41, 5.74) is 41.6. The van der Waals surface area contributed by atoms with Crippen LogP contribution in [0.1, 0.15) is 49.7 Å². The SMILES string of the molecule is NC(N)=NCCC[C@H](NC(=O)[C@H](CS)NC(=O)[C@H](Cc1c[nH]c2ccccc12)NC(=O)[C@H](Cc1c[nH]c2ccccc12)NC(=O)[C@H](CCCN=C(N)N)NC(=O)[C@@H](N)CCCN=C(N)N)C(=O)N[C@@H](CO)C(=O)O. The van der Waals surface area contributed by atoms with Gasteiger partial charge in [0.2, 0.25) is 35.4 Å². The first-order valence-corrected chi connectivity index (χ1v) is 24.2. The fraction of sp³-hybridized carbons (Fsp3) is 0.435. The van der Waals surface area contributed by atoms with Crippen LogP contribution in [-0.4, -0.2) is 154 Å². The van der Waals surface area contributed by atoms with Gasteiger partial charge in [0.05, 0.1) is 12.6 Å². The number of carbonyl (C=O) groups is 7. The van der Waals surface area contributed by atoms with Gasteiger partial charge in [0.15, 0.2) is 17.9 Å². The highest BCUT2D eigenvalue weighted by Gasteiger charge is 2.34. The minimum atomic E-state index is -1.70. The van der Waals surface area contributed by atoms with Crippen LogP contribution in [0.2, 0.25) is 0 Å². The number of guanidine groups is 3. The lowest BCUT2D eigenvalue weighted by molar-refractivity contribution is -0.143. The molecule has 4 aromatic rings. The number of nitrogens with two attached hydrogens (primary N) is 7. The second-order valence-corrected chi connectivity index (χ2v) is 17.5. The summed E-state index contributed by atoms with van der Waals surface area (Å²) in [4.78, 5) is 114. The minimum Gasteiger partial charge on any atom is -0.480 e. The van der Waals surface area contributed by atoms with Gasteiger partial charge in [-0.2, -0.15) is 12.6 Å². The van der Waals surface area contributed by atoms with Gasteiger partial charge >= 0.3 is 5.97 Å². The average molecular weight is 1050 g/mol. The van der Waals surface area contributed by atoms with Crippen LogP contribution in [0.25, 0.3) is 21.8 Å². The molecule has 7 atom stereocenters. The van der Waals surface area contributed by atoms with E-state index in [0.717, 1.165) is 21.8 Å². The van der Waals surface area contributed by atoms with Gasteiger partial charge in [-0.1, -0.05) is 36.4 Å². The maximum absolute atomic E-state index is 14.8. The van der Waals surface area contributed by atoms with Crippen molar-refractivity contribution in [2.45, 2.75) is 93.7 Å². The van der Waals surface area contributed by atoms with E-state index in [9.17, 15) is 43.8 Å². The standard InChI is InChI=1S/C46H68N18O9S/c47-28(10-5-15-54-44(48)49)37(66)59-31(13-6-16-55-45(50)51)38(67)61-33(18-24-20-57-29-11-3-1-8-26(24)29)40(69)62-34(19-25-21-58-30-12-4-2-9-27(25)30)41(70)64-36(23-74)42(71)60-32(14-7-17-56-46(52)53)39(68)63-35(22-65)43(72)73/h1-4,8-9,11-12,20-21,28,31-36,57-58,65,74H,5-7,10,13-19,22-23,47H2,(H,59,66)(H,60,71)(H,61,67)(H,62,69)(H,63,68)(H,64,70)(H,72,73)(H4,48,49,54)(H4,50,51,55)(H4,52,53,56)/t28-,31-,32-,33-,34-,35-,36-/m0/s1. The molecule has 0 radical (unpaired) electrons. The number of carboxylic acids is 1. The summed E-state index contributed by atoms with van der Waals surface area (Å²) in [5.74, 6) is -7.38. The third-order valence-corrected chi connectivity index (χ3v) is 11.9. The number of aliphatic hydroxyl groups is 1. The van der Waals surface area contributed by atoms with Gasteiger partial charge in [-0.05, 0) is 61.8 Å². The molecule has 2 aromatic heterocycles. The number of hydrogen-bond acceptors (Lipinski definition) is 13. The zero-order valence-electron chi connectivity index (χ0n) is 40.6. The number of nitrogens with zero attached hydrogens (tertiary/aromatic N) is 3. The molecular formula is C46H68N18O9S. The molecule has 6 amide bonds. The number of aromatic nitrogens is 2. The summed E-state index contributed by atoms with van der Waals surface area (Å²) >= 11 is 4.31. The maximum atomic E-state index is 14.8. The van der Waals surface area contributed by atoms with Crippen molar-refractivity contribution in [2.24, 2.45) is 55.1 Å². The molecule has 0 unspecified atom stereocenters. The highest BCUT2D eigenvalue weighted by Crippen LogP contribution is 2.22. The Hall–Kier alpha value is -8.11. The van der Waals surface area contributed by atoms with Gasteiger partial charge < -0.3 is 92.2 Å². The van der Waals surface area contributed by atoms with E-state index >= 15 is 0 Å². The van der Waals surface area contributed by atoms with Crippen molar-refractivity contribution in [3.05, 3.63) is 72.1 Å². The monoisotopic (exact) mass is 1050 g/mol. The largest absolute Gasteiger partial charge is 0.480 e. The van der Waals surface area contributed by atoms with Gasteiger partial charge in [0, 0.05) is 72.4 Å². The number of aliphatic hydroxyl groups excluding tert-OH is 1. The quantitative estimate of drug-likeness (QED) is 0.00984. The van der Waals surface area contributed by atoms with Gasteiger partial charge in [-0.3, -0.25) is 43.7 Å². The van der Waals surface area contributed by atoms with Gasteiger partial charge in [0.25, 0.3) is 0 Å². The van der Waals surface area contributed by atoms with Gasteiger partial charge in [-0.15, -0.1) is 0 Å². The summed E-state index contributed by atoms with van der Waals surface area (Å²) in [6.45, 7) is -0.594. The number of H-pyrrole nitrogens is 2. The topological polar surface area (TPSA) is 483 Å². The molecule has 2 aromatic carbocycles. The molecule has 0 aliphatic carbocycles. The molecular weight excluding hydrogens is 981 g/mol. The lowest BCUT2D eigenvalue weighted by Gasteiger charge is -2.27. The number of para-hydroxylation sites is 2. The number of carbonyl (C=O) groups excluding carboxylic acids is 6. The molecule has 74 heavy (non-hydrogen) atoms. The number of fused-ring (bicyclic) bond motifs is 2. The molecule has 24 N–H and O–H groups in total. The van der Waals surface area contributed by atoms with Crippen LogP contribution < -0.4 is 72.0 Å². The molecule has 27 nitrogen and oxygen atoms in total. The van der Waals surface area contributed by atoms with E-state index in [-0.39, 0.29) is 88.2 Å². The average Bonchev–Trinajstić information content (AvgIpc) is 3.97. The lowest BCUT2D eigenvalue weighted by atomic mass is 10.0. The minimum absolute atomic E-state index is 0.00956. The first-order chi connectivity index (χ1) is 35.3. The van der Waals surface area contributed by atoms with Crippen molar-refractivity contribution in [1.82, 2.24) is 41.9 Å². The van der Waals surface area contributed by atoms with Crippen LogP contribution >= 0.6 is 12.6 Å². The fourth-order valence-electron chi connectivity index (χ4n) is 7.67. The van der Waals surface area contributed by atoms with Crippen LogP contribution in [0.15, 0.2) is 75.9 Å². The van der Waals surface area contributed by atoms with Crippen molar-refractivity contribution in [3.63, 3.8) is 0 Å². The molecule has 0 fully saturated rings. The Balaban J connectivity index is 1.68. The van der Waals surface area contributed by atoms with E-state index in [1.807, 2.05) is 36.4 Å². The number of hydrogen-bond donors (Lipinski definition) is 18. The first kappa shape index (κ1) is 58.5. The Morgan fingerprint density at radius 3 is 1.27 bits per heavy atom. The van der Waals surface area contributed by atoms with Crippen molar-refractivity contribution in [1.29, 1.82) is 0 Å². The van der Waals surface area contributed by atoms with Gasteiger partial charge in [0.1, 0.15) is 36.3 Å². The van der Waals surface area contributed by atoms with E-state index in [2.05, 4.69) is 69.5 Å². The van der Waals surface area contributed by atoms with Crippen LogP contribution in [0, 0.1) is 0 Å². The first-order valence-electron chi connectivity index (χ1n) is 23.6. The molecule has 0 aliphatic rings. The van der Waals surface area contributed by atoms with Crippen LogP contribution in [0.5, 0.6) is 0 Å². The summed E-state index contributed by atoms with van der Waals surface area (Å²) < 4.78 is 0. The predicted octanol–water partition coefficient (Wildman–Crippen LogP) is -4.16. The Morgan fingerprint density at radius 2 is 0.865 bits per heavy atom. The molecule has 0 spiro atoms. The van der Waals surface area contributed by atoms with Crippen LogP contribution in [0.3, 0.4) is 0 Å². The lowest BCUT2D eigenvalue weighted by Crippen LogP contribution is -2.60. The third kappa shape index (κ3) is 18.5.